The Balaban J connectivity index is 3.88. The molecule has 4 heteroatoms. The van der Waals surface area contributed by atoms with Gasteiger partial charge in [0.2, 0.25) is 7.37 Å². The minimum Gasteiger partial charge on any atom is -0.339 e. The van der Waals surface area contributed by atoms with E-state index in [1.807, 2.05) is 0 Å². The topological polar surface area (TPSA) is 37.3 Å². The molecule has 0 aromatic carbocycles. The van der Waals surface area contributed by atoms with Crippen LogP contribution < -0.4 is 0 Å². The van der Waals surface area contributed by atoms with Gasteiger partial charge in [-0.05, 0) is 6.42 Å². The van der Waals surface area contributed by atoms with Crippen molar-refractivity contribution in [3.63, 3.8) is 0 Å². The fourth-order valence-electron chi connectivity index (χ4n) is 0.678. The molecular weight excluding hydrogens is 195 g/mol. The van der Waals surface area contributed by atoms with E-state index in [4.69, 9.17) is 16.5 Å². The van der Waals surface area contributed by atoms with E-state index in [1.54, 1.807) is 6.08 Å². The molecule has 1 unspecified atom stereocenters. The van der Waals surface area contributed by atoms with E-state index in [9.17, 15) is 4.57 Å². The van der Waals surface area contributed by atoms with Gasteiger partial charge in [-0.25, -0.2) is 0 Å². The molecule has 0 aliphatic rings. The van der Waals surface area contributed by atoms with Crippen molar-refractivity contribution in [2.24, 2.45) is 0 Å². The van der Waals surface area contributed by atoms with Crippen LogP contribution in [0.4, 0.5) is 0 Å². The van der Waals surface area contributed by atoms with E-state index >= 15 is 0 Å². The molecule has 0 amide bonds. The monoisotopic (exact) mass is 208 g/mol. The minimum absolute atomic E-state index is 0.844. The standard InChI is InChI=1S/C8H14ClO2P/c1-2-3-4-5-7-12(10,11)8-6-9/h5-8H,2-4H2,1H3,(H,10,11). The lowest BCUT2D eigenvalue weighted by Gasteiger charge is -1.96. The smallest absolute Gasteiger partial charge is 0.245 e. The third-order valence-electron chi connectivity index (χ3n) is 1.31. The molecule has 0 heterocycles. The number of halogens is 1. The second-order valence-corrected chi connectivity index (χ2v) is 4.67. The van der Waals surface area contributed by atoms with Gasteiger partial charge >= 0.3 is 0 Å². The van der Waals surface area contributed by atoms with Gasteiger partial charge in [0.15, 0.2) is 0 Å². The van der Waals surface area contributed by atoms with Crippen molar-refractivity contribution in [3.8, 4) is 0 Å². The summed E-state index contributed by atoms with van der Waals surface area (Å²) in [6.45, 7) is 2.07. The van der Waals surface area contributed by atoms with E-state index in [0.717, 1.165) is 30.6 Å². The highest BCUT2D eigenvalue weighted by molar-refractivity contribution is 7.64. The number of hydrogen-bond donors (Lipinski definition) is 1. The van der Waals surface area contributed by atoms with E-state index in [-0.39, 0.29) is 0 Å². The third kappa shape index (κ3) is 6.66. The summed E-state index contributed by atoms with van der Waals surface area (Å²) in [5.41, 5.74) is 1.07. The Morgan fingerprint density at radius 3 is 2.67 bits per heavy atom. The van der Waals surface area contributed by atoms with Crippen LogP contribution in [0.2, 0.25) is 0 Å². The van der Waals surface area contributed by atoms with E-state index < -0.39 is 7.37 Å². The summed E-state index contributed by atoms with van der Waals surface area (Å²) in [4.78, 5) is 9.11. The Morgan fingerprint density at radius 1 is 1.50 bits per heavy atom. The van der Waals surface area contributed by atoms with Gasteiger partial charge in [0.1, 0.15) is 0 Å². The summed E-state index contributed by atoms with van der Waals surface area (Å²) in [5.74, 6) is 2.43. The number of hydrogen-bond acceptors (Lipinski definition) is 1. The van der Waals surface area contributed by atoms with Crippen molar-refractivity contribution in [1.82, 2.24) is 0 Å². The SMILES string of the molecule is CCCCC=CP(=O)(O)C=CCl. The molecule has 2 nitrogen and oxygen atoms in total. The molecule has 70 valence electrons. The molecule has 0 fully saturated rings. The van der Waals surface area contributed by atoms with Gasteiger partial charge in [-0.15, -0.1) is 0 Å². The minimum atomic E-state index is -3.23. The van der Waals surface area contributed by atoms with E-state index in [2.05, 4.69) is 6.92 Å². The highest BCUT2D eigenvalue weighted by atomic mass is 35.5. The second kappa shape index (κ2) is 6.47. The van der Waals surface area contributed by atoms with Crippen LogP contribution in [0.15, 0.2) is 23.2 Å². The van der Waals surface area contributed by atoms with Crippen molar-refractivity contribution < 1.29 is 9.46 Å². The van der Waals surface area contributed by atoms with Crippen LogP contribution >= 0.6 is 19.0 Å². The maximum atomic E-state index is 11.1. The zero-order chi connectivity index (χ0) is 9.45. The second-order valence-electron chi connectivity index (χ2n) is 2.47. The average Bonchev–Trinajstić information content (AvgIpc) is 1.98. The molecule has 0 aromatic rings. The van der Waals surface area contributed by atoms with Crippen molar-refractivity contribution in [3.05, 3.63) is 23.2 Å². The van der Waals surface area contributed by atoms with Crippen LogP contribution in [0.25, 0.3) is 0 Å². The summed E-state index contributed by atoms with van der Waals surface area (Å²) >= 11 is 5.18. The molecule has 0 rings (SSSR count). The fourth-order valence-corrected chi connectivity index (χ4v) is 1.87. The fraction of sp³-hybridized carbons (Fsp3) is 0.500. The zero-order valence-corrected chi connectivity index (χ0v) is 8.76. The molecule has 0 spiro atoms. The maximum absolute atomic E-state index is 11.1. The number of rotatable bonds is 5. The molecule has 0 bridgehead atoms. The van der Waals surface area contributed by atoms with Crippen molar-refractivity contribution in [2.75, 3.05) is 0 Å². The first kappa shape index (κ1) is 12.0. The lowest BCUT2D eigenvalue weighted by molar-refractivity contribution is 0.499. The summed E-state index contributed by atoms with van der Waals surface area (Å²) in [7, 11) is -3.23. The van der Waals surface area contributed by atoms with Gasteiger partial charge in [0.25, 0.3) is 0 Å². The molecule has 0 saturated carbocycles. The highest BCUT2D eigenvalue weighted by Crippen LogP contribution is 2.44. The highest BCUT2D eigenvalue weighted by Gasteiger charge is 2.05. The van der Waals surface area contributed by atoms with Gasteiger partial charge in [-0.1, -0.05) is 37.4 Å². The zero-order valence-electron chi connectivity index (χ0n) is 7.11. The van der Waals surface area contributed by atoms with Gasteiger partial charge < -0.3 is 4.89 Å². The van der Waals surface area contributed by atoms with Crippen LogP contribution in [0.5, 0.6) is 0 Å². The lowest BCUT2D eigenvalue weighted by atomic mass is 10.2. The molecule has 0 aromatic heterocycles. The molecule has 1 atom stereocenters. The summed E-state index contributed by atoms with van der Waals surface area (Å²) < 4.78 is 11.1. The first-order valence-corrected chi connectivity index (χ1v) is 6.13. The van der Waals surface area contributed by atoms with Crippen LogP contribution in [0, 0.1) is 0 Å². The van der Waals surface area contributed by atoms with Crippen LogP contribution in [0.1, 0.15) is 26.2 Å². The Labute approximate surface area is 78.4 Å². The summed E-state index contributed by atoms with van der Waals surface area (Å²) in [6, 6.07) is 0. The van der Waals surface area contributed by atoms with E-state index in [1.165, 1.54) is 5.82 Å². The van der Waals surface area contributed by atoms with Crippen molar-refractivity contribution in [1.29, 1.82) is 0 Å². The Hall–Kier alpha value is -0.0400. The normalized spacial score (nSPS) is 17.2. The first-order valence-electron chi connectivity index (χ1n) is 3.90. The Morgan fingerprint density at radius 2 is 2.17 bits per heavy atom. The van der Waals surface area contributed by atoms with E-state index in [0.29, 0.717) is 0 Å². The third-order valence-corrected chi connectivity index (χ3v) is 2.83. The predicted octanol–water partition coefficient (Wildman–Crippen LogP) is 3.67. The van der Waals surface area contributed by atoms with Crippen LogP contribution in [-0.2, 0) is 4.57 Å². The average molecular weight is 209 g/mol. The molecule has 0 aliphatic carbocycles. The van der Waals surface area contributed by atoms with Gasteiger partial charge in [0, 0.05) is 17.2 Å². The molecule has 12 heavy (non-hydrogen) atoms. The molecule has 1 N–H and O–H groups in total. The van der Waals surface area contributed by atoms with Crippen molar-refractivity contribution in [2.45, 2.75) is 26.2 Å². The quantitative estimate of drug-likeness (QED) is 0.553. The maximum Gasteiger partial charge on any atom is 0.245 e. The van der Waals surface area contributed by atoms with Crippen LogP contribution in [0.3, 0.4) is 0 Å². The number of unbranched alkanes of at least 4 members (excludes halogenated alkanes) is 2. The van der Waals surface area contributed by atoms with Crippen molar-refractivity contribution >= 4 is 19.0 Å². The van der Waals surface area contributed by atoms with Gasteiger partial charge in [-0.2, -0.15) is 0 Å². The number of allylic oxidation sites excluding steroid dienone is 1. The molecular formula is C8H14ClO2P. The Kier molecular flexibility index (Phi) is 6.45. The first-order chi connectivity index (χ1) is 5.62. The molecule has 0 radical (unpaired) electrons. The predicted molar refractivity (Wildman–Crippen MR) is 53.5 cm³/mol. The molecule has 0 saturated heterocycles. The van der Waals surface area contributed by atoms with Gasteiger partial charge in [-0.3, -0.25) is 4.57 Å². The lowest BCUT2D eigenvalue weighted by Crippen LogP contribution is -1.69. The van der Waals surface area contributed by atoms with Crippen LogP contribution in [-0.4, -0.2) is 4.89 Å². The summed E-state index contributed by atoms with van der Waals surface area (Å²) in [6.07, 6.45) is 4.70. The largest absolute Gasteiger partial charge is 0.339 e. The van der Waals surface area contributed by atoms with Gasteiger partial charge in [0.05, 0.1) is 0 Å². The Bertz CT molecular complexity index is 211. The summed E-state index contributed by atoms with van der Waals surface area (Å²) in [5, 5.41) is 0. The molecule has 0 aliphatic heterocycles.